The molecule has 0 spiro atoms. The first-order valence-electron chi connectivity index (χ1n) is 5.29. The van der Waals surface area contributed by atoms with Gasteiger partial charge in [-0.2, -0.15) is 5.26 Å². The van der Waals surface area contributed by atoms with Crippen LogP contribution in [0.4, 0.5) is 5.69 Å². The van der Waals surface area contributed by atoms with Crippen molar-refractivity contribution >= 4 is 17.5 Å². The number of hydrogen-bond acceptors (Lipinski definition) is 4. The van der Waals surface area contributed by atoms with Crippen LogP contribution < -0.4 is 10.6 Å². The van der Waals surface area contributed by atoms with Crippen LogP contribution in [-0.4, -0.2) is 11.8 Å². The Morgan fingerprint density at radius 1 is 1.33 bits per heavy atom. The summed E-state index contributed by atoms with van der Waals surface area (Å²) in [7, 11) is 0. The summed E-state index contributed by atoms with van der Waals surface area (Å²) >= 11 is 0. The van der Waals surface area contributed by atoms with Gasteiger partial charge in [0.05, 0.1) is 0 Å². The molecule has 1 rings (SSSR count). The van der Waals surface area contributed by atoms with Crippen LogP contribution in [0.25, 0.3) is 0 Å². The van der Waals surface area contributed by atoms with Crippen molar-refractivity contribution in [3.63, 3.8) is 0 Å². The summed E-state index contributed by atoms with van der Waals surface area (Å²) < 4.78 is 0. The smallest absolute Gasteiger partial charge is 0.269 e. The second-order valence-electron chi connectivity index (χ2n) is 3.64. The molecule has 1 aromatic carbocycles. The average Bonchev–Trinajstić information content (AvgIpc) is 2.31. The number of nitrogens with one attached hydrogen (secondary N) is 2. The minimum Gasteiger partial charge on any atom is -0.360 e. The van der Waals surface area contributed by atoms with E-state index in [9.17, 15) is 9.59 Å². The minimum absolute atomic E-state index is 0.159. The highest BCUT2D eigenvalue weighted by Gasteiger charge is 2.09. The lowest BCUT2D eigenvalue weighted by atomic mass is 10.2. The fraction of sp³-hybridized carbons (Fsp3) is 0.154. The number of carbonyl (C=O) groups is 2. The van der Waals surface area contributed by atoms with E-state index in [2.05, 4.69) is 5.32 Å². The molecule has 0 bridgehead atoms. The van der Waals surface area contributed by atoms with Gasteiger partial charge in [0, 0.05) is 18.8 Å². The molecule has 5 heteroatoms. The second-order valence-corrected chi connectivity index (χ2v) is 3.64. The molecule has 0 fully saturated rings. The van der Waals surface area contributed by atoms with Crippen molar-refractivity contribution in [3.05, 3.63) is 41.6 Å². The highest BCUT2D eigenvalue weighted by molar-refractivity contribution is 6.06. The zero-order valence-electron chi connectivity index (χ0n) is 10.2. The number of amides is 2. The van der Waals surface area contributed by atoms with Crippen LogP contribution in [0.5, 0.6) is 0 Å². The third kappa shape index (κ3) is 3.76. The van der Waals surface area contributed by atoms with Crippen LogP contribution >= 0.6 is 0 Å². The number of rotatable bonds is 3. The number of hydrogen-bond donors (Lipinski definition) is 2. The van der Waals surface area contributed by atoms with E-state index in [1.165, 1.54) is 13.1 Å². The van der Waals surface area contributed by atoms with Crippen molar-refractivity contribution in [2.75, 3.05) is 5.32 Å². The molecule has 0 aliphatic carbocycles. The third-order valence-electron chi connectivity index (χ3n) is 2.17. The molecule has 0 unspecified atom stereocenters. The molecule has 5 nitrogen and oxygen atoms in total. The molecule has 2 N–H and O–H groups in total. The molecule has 0 atom stereocenters. The van der Waals surface area contributed by atoms with Crippen molar-refractivity contribution in [2.24, 2.45) is 0 Å². The van der Waals surface area contributed by atoms with Gasteiger partial charge in [-0.05, 0) is 18.6 Å². The summed E-state index contributed by atoms with van der Waals surface area (Å²) in [6, 6.07) is 9.18. The first-order valence-corrected chi connectivity index (χ1v) is 5.29. The number of benzene rings is 1. The molecular weight excluding hydrogens is 230 g/mol. The summed E-state index contributed by atoms with van der Waals surface area (Å²) in [5.41, 5.74) is 1.62. The number of nitrogens with zero attached hydrogens (tertiary/aromatic N) is 1. The van der Waals surface area contributed by atoms with Crippen molar-refractivity contribution in [1.29, 1.82) is 5.26 Å². The highest BCUT2D eigenvalue weighted by atomic mass is 16.2. The van der Waals surface area contributed by atoms with Gasteiger partial charge in [0.15, 0.2) is 0 Å². The molecule has 0 aromatic heterocycles. The summed E-state index contributed by atoms with van der Waals surface area (Å²) in [4.78, 5) is 22.1. The molecule has 0 aliphatic rings. The number of aryl methyl sites for hydroxylation is 1. The Morgan fingerprint density at radius 3 is 2.56 bits per heavy atom. The quantitative estimate of drug-likeness (QED) is 0.622. The molecule has 18 heavy (non-hydrogen) atoms. The lowest BCUT2D eigenvalue weighted by Gasteiger charge is -2.05. The Labute approximate surface area is 105 Å². The molecule has 2 amide bonds. The number of nitriles is 1. The van der Waals surface area contributed by atoms with E-state index >= 15 is 0 Å². The maximum Gasteiger partial charge on any atom is 0.269 e. The molecule has 0 radical (unpaired) electrons. The fourth-order valence-corrected chi connectivity index (χ4v) is 1.26. The molecule has 0 aliphatic heterocycles. The van der Waals surface area contributed by atoms with E-state index in [0.29, 0.717) is 0 Å². The van der Waals surface area contributed by atoms with Gasteiger partial charge in [-0.3, -0.25) is 14.9 Å². The van der Waals surface area contributed by atoms with Gasteiger partial charge >= 0.3 is 0 Å². The molecular formula is C13H13N3O2. The maximum atomic E-state index is 11.4. The van der Waals surface area contributed by atoms with E-state index in [-0.39, 0.29) is 5.57 Å². The summed E-state index contributed by atoms with van der Waals surface area (Å²) in [6.07, 6.45) is 1.28. The summed E-state index contributed by atoms with van der Waals surface area (Å²) in [5.74, 6) is -1.22. The predicted molar refractivity (Wildman–Crippen MR) is 67.3 cm³/mol. The van der Waals surface area contributed by atoms with E-state index in [0.717, 1.165) is 11.3 Å². The lowest BCUT2D eigenvalue weighted by molar-refractivity contribution is -0.126. The van der Waals surface area contributed by atoms with E-state index in [1.807, 2.05) is 36.5 Å². The van der Waals surface area contributed by atoms with Gasteiger partial charge < -0.3 is 5.32 Å². The van der Waals surface area contributed by atoms with Gasteiger partial charge in [0.1, 0.15) is 11.6 Å². The van der Waals surface area contributed by atoms with Crippen LogP contribution in [0.1, 0.15) is 12.5 Å². The number of anilines is 1. The van der Waals surface area contributed by atoms with E-state index in [4.69, 9.17) is 5.26 Å². The largest absolute Gasteiger partial charge is 0.360 e. The first-order chi connectivity index (χ1) is 8.54. The summed E-state index contributed by atoms with van der Waals surface area (Å²) in [5, 5.41) is 13.7. The van der Waals surface area contributed by atoms with Crippen LogP contribution in [0.15, 0.2) is 36.0 Å². The Kier molecular flexibility index (Phi) is 4.64. The first kappa shape index (κ1) is 13.5. The summed E-state index contributed by atoms with van der Waals surface area (Å²) in [6.45, 7) is 3.11. The van der Waals surface area contributed by atoms with Crippen LogP contribution in [0.3, 0.4) is 0 Å². The van der Waals surface area contributed by atoms with Crippen molar-refractivity contribution in [1.82, 2.24) is 5.32 Å². The Bertz CT molecular complexity index is 541. The van der Waals surface area contributed by atoms with Gasteiger partial charge in [-0.1, -0.05) is 18.2 Å². The standard InChI is InChI=1S/C13H13N3O2/c1-9-5-3-4-6-12(9)15-8-11(7-14)13(18)16-10(2)17/h3-6,8,15H,1-2H3,(H,16,17,18). The fourth-order valence-electron chi connectivity index (χ4n) is 1.26. The molecule has 92 valence electrons. The number of para-hydroxylation sites is 1. The van der Waals surface area contributed by atoms with Gasteiger partial charge in [0.2, 0.25) is 5.91 Å². The van der Waals surface area contributed by atoms with Gasteiger partial charge in [0.25, 0.3) is 5.91 Å². The third-order valence-corrected chi connectivity index (χ3v) is 2.17. The van der Waals surface area contributed by atoms with Gasteiger partial charge in [-0.25, -0.2) is 0 Å². The normalized spacial score (nSPS) is 10.4. The van der Waals surface area contributed by atoms with E-state index < -0.39 is 11.8 Å². The Balaban J connectivity index is 2.82. The van der Waals surface area contributed by atoms with Crippen molar-refractivity contribution < 1.29 is 9.59 Å². The monoisotopic (exact) mass is 243 g/mol. The topological polar surface area (TPSA) is 82.0 Å². The van der Waals surface area contributed by atoms with Gasteiger partial charge in [-0.15, -0.1) is 0 Å². The van der Waals surface area contributed by atoms with Crippen molar-refractivity contribution in [3.8, 4) is 6.07 Å². The Hall–Kier alpha value is -2.61. The second kappa shape index (κ2) is 6.21. The minimum atomic E-state index is -0.717. The average molecular weight is 243 g/mol. The molecule has 0 heterocycles. The molecule has 0 saturated heterocycles. The Morgan fingerprint density at radius 2 is 2.00 bits per heavy atom. The number of carbonyl (C=O) groups excluding carboxylic acids is 2. The van der Waals surface area contributed by atoms with Crippen LogP contribution in [-0.2, 0) is 9.59 Å². The van der Waals surface area contributed by atoms with Crippen LogP contribution in [0.2, 0.25) is 0 Å². The SMILES string of the molecule is CC(=O)NC(=O)C(C#N)=CNc1ccccc1C. The van der Waals surface area contributed by atoms with E-state index in [1.54, 1.807) is 6.07 Å². The molecule has 0 saturated carbocycles. The number of imide groups is 1. The zero-order valence-corrected chi connectivity index (χ0v) is 10.2. The molecule has 1 aromatic rings. The van der Waals surface area contributed by atoms with Crippen molar-refractivity contribution in [2.45, 2.75) is 13.8 Å². The zero-order chi connectivity index (χ0) is 13.5. The van der Waals surface area contributed by atoms with Crippen LogP contribution in [0, 0.1) is 18.3 Å². The predicted octanol–water partition coefficient (Wildman–Crippen LogP) is 1.48. The lowest BCUT2D eigenvalue weighted by Crippen LogP contribution is -2.29. The maximum absolute atomic E-state index is 11.4. The highest BCUT2D eigenvalue weighted by Crippen LogP contribution is 2.13.